The van der Waals surface area contributed by atoms with Crippen molar-refractivity contribution in [2.75, 3.05) is 0 Å². The number of rotatable bonds is 12. The van der Waals surface area contributed by atoms with Crippen molar-refractivity contribution in [2.45, 2.75) is 40.4 Å². The van der Waals surface area contributed by atoms with Crippen LogP contribution >= 0.6 is 31.9 Å². The van der Waals surface area contributed by atoms with E-state index < -0.39 is 19.7 Å². The minimum atomic E-state index is -3.81. The average Bonchev–Trinajstić information content (AvgIpc) is 3.16. The first-order valence-corrected chi connectivity index (χ1v) is 22.0. The van der Waals surface area contributed by atoms with E-state index in [1.807, 2.05) is 57.2 Å². The highest BCUT2D eigenvalue weighted by molar-refractivity contribution is 9.10. The Morgan fingerprint density at radius 1 is 0.368 bits per heavy atom. The number of sulfone groups is 2. The monoisotopic (exact) mass is 924 g/mol. The largest absolute Gasteiger partial charge is 0.457 e. The summed E-state index contributed by atoms with van der Waals surface area (Å²) in [4.78, 5) is 0.492. The Morgan fingerprint density at radius 2 is 0.667 bits per heavy atom. The number of ether oxygens (including phenoxy) is 4. The van der Waals surface area contributed by atoms with Gasteiger partial charge in [0.25, 0.3) is 0 Å². The second kappa shape index (κ2) is 16.6. The van der Waals surface area contributed by atoms with E-state index in [2.05, 4.69) is 31.9 Å². The fourth-order valence-corrected chi connectivity index (χ4v) is 9.58. The van der Waals surface area contributed by atoms with Gasteiger partial charge < -0.3 is 18.9 Å². The normalized spacial score (nSPS) is 11.5. The van der Waals surface area contributed by atoms with Crippen molar-refractivity contribution in [2.24, 2.45) is 0 Å². The van der Waals surface area contributed by atoms with Crippen LogP contribution in [0.5, 0.6) is 46.0 Å². The van der Waals surface area contributed by atoms with E-state index in [9.17, 15) is 16.8 Å². The third-order valence-corrected chi connectivity index (χ3v) is 13.2. The van der Waals surface area contributed by atoms with Crippen LogP contribution in [0.4, 0.5) is 0 Å². The van der Waals surface area contributed by atoms with Gasteiger partial charge in [0.05, 0.1) is 19.6 Å². The molecule has 0 radical (unpaired) electrons. The molecule has 0 heterocycles. The van der Waals surface area contributed by atoms with Gasteiger partial charge in [-0.1, -0.05) is 37.9 Å². The second-order valence-electron chi connectivity index (χ2n) is 13.1. The van der Waals surface area contributed by atoms with Crippen molar-refractivity contribution in [3.05, 3.63) is 177 Å². The lowest BCUT2D eigenvalue weighted by Crippen LogP contribution is -2.02. The van der Waals surface area contributed by atoms with Gasteiger partial charge in [0, 0.05) is 14.5 Å². The van der Waals surface area contributed by atoms with Gasteiger partial charge in [-0.3, -0.25) is 0 Å². The summed E-state index contributed by atoms with van der Waals surface area (Å²) in [5.74, 6) is 4.17. The molecule has 0 spiro atoms. The fraction of sp³-hybridized carbons (Fsp3) is 0.0667. The third-order valence-electron chi connectivity index (χ3n) is 8.73. The lowest BCUT2D eigenvalue weighted by atomic mass is 10.2. The molecule has 8 nitrogen and oxygen atoms in total. The average molecular weight is 927 g/mol. The maximum atomic E-state index is 13.4. The van der Waals surface area contributed by atoms with Crippen molar-refractivity contribution in [3.8, 4) is 46.0 Å². The second-order valence-corrected chi connectivity index (χ2v) is 18.8. The highest BCUT2D eigenvalue weighted by Gasteiger charge is 2.20. The van der Waals surface area contributed by atoms with Crippen molar-refractivity contribution in [1.82, 2.24) is 0 Å². The van der Waals surface area contributed by atoms with Crippen LogP contribution in [0.25, 0.3) is 0 Å². The lowest BCUT2D eigenvalue weighted by Gasteiger charge is -2.14. The van der Waals surface area contributed by atoms with E-state index in [-0.39, 0.29) is 19.6 Å². The topological polar surface area (TPSA) is 105 Å². The zero-order chi connectivity index (χ0) is 40.3. The van der Waals surface area contributed by atoms with Crippen LogP contribution in [0.3, 0.4) is 0 Å². The molecule has 7 aromatic carbocycles. The molecule has 0 saturated heterocycles. The first kappa shape index (κ1) is 39.8. The Morgan fingerprint density at radius 3 is 0.965 bits per heavy atom. The Bertz CT molecular complexity index is 2560. The molecule has 0 fully saturated rings. The quantitative estimate of drug-likeness (QED) is 0.119. The van der Waals surface area contributed by atoms with Crippen LogP contribution in [0.15, 0.2) is 180 Å². The van der Waals surface area contributed by atoms with Crippen molar-refractivity contribution in [1.29, 1.82) is 0 Å². The summed E-state index contributed by atoms with van der Waals surface area (Å²) < 4.78 is 79.6. The Labute approximate surface area is 348 Å². The van der Waals surface area contributed by atoms with Crippen LogP contribution in [-0.2, 0) is 19.7 Å². The summed E-state index contributed by atoms with van der Waals surface area (Å²) in [5, 5.41) is 0. The molecule has 0 aliphatic heterocycles. The van der Waals surface area contributed by atoms with Crippen molar-refractivity contribution in [3.63, 3.8) is 0 Å². The van der Waals surface area contributed by atoms with Gasteiger partial charge in [0.15, 0.2) is 0 Å². The van der Waals surface area contributed by atoms with E-state index in [0.717, 1.165) is 20.1 Å². The first-order valence-electron chi connectivity index (χ1n) is 17.5. The maximum Gasteiger partial charge on any atom is 0.206 e. The molecule has 0 amide bonds. The van der Waals surface area contributed by atoms with E-state index in [1.165, 1.54) is 48.5 Å². The molecule has 0 saturated carbocycles. The van der Waals surface area contributed by atoms with Gasteiger partial charge in [-0.15, -0.1) is 0 Å². The highest BCUT2D eigenvalue weighted by atomic mass is 79.9. The maximum absolute atomic E-state index is 13.4. The summed E-state index contributed by atoms with van der Waals surface area (Å²) >= 11 is 6.92. The molecule has 0 bridgehead atoms. The smallest absolute Gasteiger partial charge is 0.206 e. The number of hydrogen-bond donors (Lipinski definition) is 0. The molecule has 0 aliphatic rings. The van der Waals surface area contributed by atoms with Gasteiger partial charge in [0.2, 0.25) is 19.7 Å². The molecular formula is C45H34Br2O8S2. The summed E-state index contributed by atoms with van der Waals surface area (Å²) in [7, 11) is -7.61. The lowest BCUT2D eigenvalue weighted by molar-refractivity contribution is 0.453. The van der Waals surface area contributed by atoms with Crippen molar-refractivity contribution < 1.29 is 35.8 Å². The Hall–Kier alpha value is -5.40. The fourth-order valence-electron chi connectivity index (χ4n) is 5.88. The van der Waals surface area contributed by atoms with Gasteiger partial charge in [-0.25, -0.2) is 16.8 Å². The van der Waals surface area contributed by atoms with Crippen LogP contribution in [0.2, 0.25) is 0 Å². The minimum absolute atomic E-state index is 0.114. The van der Waals surface area contributed by atoms with Crippen molar-refractivity contribution >= 4 is 51.5 Å². The Kier molecular flexibility index (Phi) is 11.6. The SMILES string of the molecule is Cc1cc(Br)cc(Oc2ccc(S(=O)(=O)c3ccc(Oc4cccc(Oc5ccc(S(=O)(=O)c6ccc(Oc7cc(C)cc(Br)c7)cc6)cc5)c4C)cc3)cc2)c1. The van der Waals surface area contributed by atoms with E-state index in [4.69, 9.17) is 18.9 Å². The first-order chi connectivity index (χ1) is 27.2. The molecule has 0 unspecified atom stereocenters. The molecule has 7 aromatic rings. The molecule has 0 N–H and O–H groups in total. The number of halogens is 2. The van der Waals surface area contributed by atoms with Crippen LogP contribution in [0.1, 0.15) is 16.7 Å². The standard InChI is InChI=1S/C45H34Br2O8S2/c1-29-23-32(46)27-38(25-29)52-34-7-15-40(16-8-34)56(48,49)42-19-11-36(12-20-42)54-44-5-4-6-45(31(44)3)55-37-13-21-43(22-14-37)57(50,51)41-17-9-35(10-18-41)53-39-26-30(2)24-33(47)28-39/h4-28H,1-3H3. The zero-order valence-corrected chi connectivity index (χ0v) is 35.6. The molecule has 57 heavy (non-hydrogen) atoms. The summed E-state index contributed by atoms with van der Waals surface area (Å²) in [6, 6.07) is 41.6. The van der Waals surface area contributed by atoms with Crippen LogP contribution < -0.4 is 18.9 Å². The molecule has 7 rings (SSSR count). The van der Waals surface area contributed by atoms with Gasteiger partial charge in [-0.05, 0) is 177 Å². The van der Waals surface area contributed by atoms with Gasteiger partial charge >= 0.3 is 0 Å². The summed E-state index contributed by atoms with van der Waals surface area (Å²) in [5.41, 5.74) is 2.74. The molecule has 0 aromatic heterocycles. The predicted molar refractivity (Wildman–Crippen MR) is 226 cm³/mol. The third kappa shape index (κ3) is 9.43. The van der Waals surface area contributed by atoms with E-state index in [0.29, 0.717) is 51.6 Å². The summed E-state index contributed by atoms with van der Waals surface area (Å²) in [6.07, 6.45) is 0. The zero-order valence-electron chi connectivity index (χ0n) is 30.8. The Balaban J connectivity index is 0.986. The molecular weight excluding hydrogens is 892 g/mol. The van der Waals surface area contributed by atoms with E-state index >= 15 is 0 Å². The van der Waals surface area contributed by atoms with Gasteiger partial charge in [-0.2, -0.15) is 0 Å². The number of aryl methyl sites for hydroxylation is 2. The summed E-state index contributed by atoms with van der Waals surface area (Å²) in [6.45, 7) is 5.75. The molecule has 0 aliphatic carbocycles. The highest BCUT2D eigenvalue weighted by Crippen LogP contribution is 2.36. The number of hydrogen-bond acceptors (Lipinski definition) is 8. The predicted octanol–water partition coefficient (Wildman–Crippen LogP) is 13.0. The van der Waals surface area contributed by atoms with E-state index in [1.54, 1.807) is 66.7 Å². The van der Waals surface area contributed by atoms with Crippen LogP contribution in [0, 0.1) is 20.8 Å². The minimum Gasteiger partial charge on any atom is -0.457 e. The molecule has 0 atom stereocenters. The molecule has 288 valence electrons. The number of benzene rings is 7. The van der Waals surface area contributed by atoms with Gasteiger partial charge in [0.1, 0.15) is 46.0 Å². The molecule has 12 heteroatoms. The van der Waals surface area contributed by atoms with Crippen LogP contribution in [-0.4, -0.2) is 16.8 Å².